The summed E-state index contributed by atoms with van der Waals surface area (Å²) in [5.41, 5.74) is 5.69. The van der Waals surface area contributed by atoms with Crippen LogP contribution in [0.4, 0.5) is 4.79 Å². The van der Waals surface area contributed by atoms with Gasteiger partial charge in [0.05, 0.1) is 5.92 Å². The highest BCUT2D eigenvalue weighted by Gasteiger charge is 2.28. The van der Waals surface area contributed by atoms with Gasteiger partial charge in [-0.25, -0.2) is 9.59 Å². The minimum absolute atomic E-state index is 0.147. The molecule has 132 valence electrons. The molecule has 0 fully saturated rings. The van der Waals surface area contributed by atoms with Crippen molar-refractivity contribution in [2.24, 2.45) is 11.7 Å². The van der Waals surface area contributed by atoms with E-state index in [1.807, 2.05) is 6.07 Å². The van der Waals surface area contributed by atoms with Crippen molar-refractivity contribution in [2.75, 3.05) is 0 Å². The monoisotopic (exact) mass is 337 g/mol. The van der Waals surface area contributed by atoms with Crippen molar-refractivity contribution in [1.29, 1.82) is 0 Å². The van der Waals surface area contributed by atoms with Gasteiger partial charge in [0, 0.05) is 0 Å². The first-order valence-electron chi connectivity index (χ1n) is 7.55. The van der Waals surface area contributed by atoms with Crippen molar-refractivity contribution in [1.82, 2.24) is 0 Å². The molecule has 0 aromatic heterocycles. The van der Waals surface area contributed by atoms with Crippen LogP contribution in [0.25, 0.3) is 0 Å². The summed E-state index contributed by atoms with van der Waals surface area (Å²) in [6.07, 6.45) is -1.08. The van der Waals surface area contributed by atoms with Gasteiger partial charge < -0.3 is 20.3 Å². The number of hydrogen-bond donors (Lipinski definition) is 2. The lowest BCUT2D eigenvalue weighted by Crippen LogP contribution is -2.38. The molecule has 7 nitrogen and oxygen atoms in total. The van der Waals surface area contributed by atoms with Crippen LogP contribution in [0.5, 0.6) is 0 Å². The number of carbonyl (C=O) groups excluding carboxylic acids is 2. The van der Waals surface area contributed by atoms with E-state index in [0.29, 0.717) is 0 Å². The largest absolute Gasteiger partial charge is 0.516 e. The second-order valence-corrected chi connectivity index (χ2v) is 6.45. The van der Waals surface area contributed by atoms with Crippen molar-refractivity contribution >= 4 is 18.1 Å². The molecule has 0 aliphatic heterocycles. The number of carboxylic acid groups (broad SMARTS) is 1. The van der Waals surface area contributed by atoms with Crippen LogP contribution in [0.3, 0.4) is 0 Å². The number of nitrogens with two attached hydrogens (primary N) is 1. The summed E-state index contributed by atoms with van der Waals surface area (Å²) in [6, 6.07) is 7.77. The Morgan fingerprint density at radius 1 is 1.17 bits per heavy atom. The van der Waals surface area contributed by atoms with Crippen molar-refractivity contribution in [3.8, 4) is 0 Å². The van der Waals surface area contributed by atoms with Gasteiger partial charge in [-0.2, -0.15) is 0 Å². The van der Waals surface area contributed by atoms with Gasteiger partial charge in [0.2, 0.25) is 0 Å². The Morgan fingerprint density at radius 3 is 2.25 bits per heavy atom. The number of ether oxygens (including phenoxy) is 2. The van der Waals surface area contributed by atoms with E-state index < -0.39 is 35.7 Å². The first-order valence-corrected chi connectivity index (χ1v) is 7.55. The van der Waals surface area contributed by atoms with E-state index in [1.165, 1.54) is 0 Å². The number of aliphatic carboxylic acids is 1. The number of esters is 1. The SMILES string of the molecule is CC(C)(C)OC(=O)OC(=O)[C@@H](N)CC(Cc1ccccc1)C(=O)O. The fourth-order valence-corrected chi connectivity index (χ4v) is 2.00. The molecule has 0 aliphatic rings. The van der Waals surface area contributed by atoms with Crippen LogP contribution in [-0.2, 0) is 25.5 Å². The normalized spacial score (nSPS) is 13.7. The lowest BCUT2D eigenvalue weighted by atomic mass is 9.93. The average molecular weight is 337 g/mol. The van der Waals surface area contributed by atoms with Crippen LogP contribution < -0.4 is 5.73 Å². The lowest BCUT2D eigenvalue weighted by molar-refractivity contribution is -0.145. The van der Waals surface area contributed by atoms with Crippen molar-refractivity contribution in [3.05, 3.63) is 35.9 Å². The molecule has 7 heteroatoms. The van der Waals surface area contributed by atoms with Gasteiger partial charge in [-0.3, -0.25) is 4.79 Å². The molecular formula is C17H23NO6. The first-order chi connectivity index (χ1) is 11.1. The fourth-order valence-electron chi connectivity index (χ4n) is 2.00. The molecule has 1 aromatic rings. The van der Waals surface area contributed by atoms with E-state index in [-0.39, 0.29) is 12.8 Å². The quantitative estimate of drug-likeness (QED) is 0.603. The smallest absolute Gasteiger partial charge is 0.481 e. The molecule has 0 radical (unpaired) electrons. The van der Waals surface area contributed by atoms with Crippen molar-refractivity contribution in [3.63, 3.8) is 0 Å². The third-order valence-corrected chi connectivity index (χ3v) is 3.09. The number of hydrogen-bond acceptors (Lipinski definition) is 6. The van der Waals surface area contributed by atoms with Gasteiger partial charge in [0.25, 0.3) is 0 Å². The van der Waals surface area contributed by atoms with Crippen molar-refractivity contribution in [2.45, 2.75) is 45.3 Å². The topological polar surface area (TPSA) is 116 Å². The maximum Gasteiger partial charge on any atom is 0.516 e. The van der Waals surface area contributed by atoms with Crippen LogP contribution in [0, 0.1) is 5.92 Å². The number of rotatable bonds is 6. The van der Waals surface area contributed by atoms with Crippen molar-refractivity contribution < 1.29 is 29.0 Å². The molecule has 0 aliphatic carbocycles. The number of carboxylic acids is 1. The van der Waals surface area contributed by atoms with E-state index in [9.17, 15) is 19.5 Å². The Balaban J connectivity index is 2.61. The summed E-state index contributed by atoms with van der Waals surface area (Å²) in [5, 5.41) is 9.30. The Kier molecular flexibility index (Phi) is 6.91. The first kappa shape index (κ1) is 19.6. The Labute approximate surface area is 140 Å². The molecule has 1 rings (SSSR count). The Morgan fingerprint density at radius 2 is 1.75 bits per heavy atom. The average Bonchev–Trinajstić information content (AvgIpc) is 2.45. The zero-order valence-corrected chi connectivity index (χ0v) is 14.0. The summed E-state index contributed by atoms with van der Waals surface area (Å²) in [7, 11) is 0. The molecule has 3 N–H and O–H groups in total. The van der Waals surface area contributed by atoms with Crippen LogP contribution in [0.1, 0.15) is 32.8 Å². The summed E-state index contributed by atoms with van der Waals surface area (Å²) in [6.45, 7) is 4.87. The van der Waals surface area contributed by atoms with Crippen LogP contribution in [0.2, 0.25) is 0 Å². The van der Waals surface area contributed by atoms with Crippen LogP contribution in [0.15, 0.2) is 30.3 Å². The molecule has 0 amide bonds. The third-order valence-electron chi connectivity index (χ3n) is 3.09. The second kappa shape index (κ2) is 8.44. The van der Waals surface area contributed by atoms with Gasteiger partial charge >= 0.3 is 18.1 Å². The minimum atomic E-state index is -1.23. The molecule has 0 bridgehead atoms. The van der Waals surface area contributed by atoms with Gasteiger partial charge in [0.15, 0.2) is 0 Å². The highest BCUT2D eigenvalue weighted by atomic mass is 16.7. The maximum atomic E-state index is 11.8. The zero-order valence-electron chi connectivity index (χ0n) is 14.0. The molecule has 1 unspecified atom stereocenters. The minimum Gasteiger partial charge on any atom is -0.481 e. The third kappa shape index (κ3) is 7.23. The molecular weight excluding hydrogens is 314 g/mol. The molecule has 1 aromatic carbocycles. The predicted octanol–water partition coefficient (Wildman–Crippen LogP) is 2.13. The lowest BCUT2D eigenvalue weighted by Gasteiger charge is -2.20. The summed E-state index contributed by atoms with van der Waals surface area (Å²) in [4.78, 5) is 34.6. The highest BCUT2D eigenvalue weighted by Crippen LogP contribution is 2.15. The second-order valence-electron chi connectivity index (χ2n) is 6.45. The summed E-state index contributed by atoms with van der Waals surface area (Å²) in [5.74, 6) is -2.95. The Hall–Kier alpha value is -2.41. The molecule has 0 spiro atoms. The van der Waals surface area contributed by atoms with Gasteiger partial charge in [0.1, 0.15) is 11.6 Å². The number of carbonyl (C=O) groups is 3. The predicted molar refractivity (Wildman–Crippen MR) is 86.2 cm³/mol. The van der Waals surface area contributed by atoms with Gasteiger partial charge in [-0.15, -0.1) is 0 Å². The molecule has 24 heavy (non-hydrogen) atoms. The van der Waals surface area contributed by atoms with E-state index in [1.54, 1.807) is 45.0 Å². The van der Waals surface area contributed by atoms with Crippen LogP contribution in [-0.4, -0.2) is 34.8 Å². The number of benzene rings is 1. The van der Waals surface area contributed by atoms with E-state index in [2.05, 4.69) is 4.74 Å². The van der Waals surface area contributed by atoms with E-state index in [4.69, 9.17) is 10.5 Å². The summed E-state index contributed by atoms with van der Waals surface area (Å²) >= 11 is 0. The molecule has 0 saturated heterocycles. The van der Waals surface area contributed by atoms with Crippen LogP contribution >= 0.6 is 0 Å². The van der Waals surface area contributed by atoms with Gasteiger partial charge in [-0.1, -0.05) is 30.3 Å². The van der Waals surface area contributed by atoms with E-state index >= 15 is 0 Å². The van der Waals surface area contributed by atoms with Gasteiger partial charge in [-0.05, 0) is 39.2 Å². The maximum absolute atomic E-state index is 11.8. The summed E-state index contributed by atoms with van der Waals surface area (Å²) < 4.78 is 9.35. The van der Waals surface area contributed by atoms with E-state index in [0.717, 1.165) is 5.56 Å². The highest BCUT2D eigenvalue weighted by molar-refractivity contribution is 5.86. The fraction of sp³-hybridized carbons (Fsp3) is 0.471. The molecule has 0 saturated carbocycles. The standard InChI is InChI=1S/C17H23NO6/c1-17(2,3)24-16(22)23-15(21)13(18)10-12(14(19)20)9-11-7-5-4-6-8-11/h4-8,12-13H,9-10,18H2,1-3H3,(H,19,20)/t12?,13-/m0/s1. The Bertz CT molecular complexity index is 578. The molecule has 0 heterocycles. The molecule has 2 atom stereocenters. The zero-order chi connectivity index (χ0) is 18.3.